The molecule has 10 nitrogen and oxygen atoms in total. The van der Waals surface area contributed by atoms with Gasteiger partial charge >= 0.3 is 5.69 Å². The van der Waals surface area contributed by atoms with E-state index in [1.807, 2.05) is 29.2 Å². The van der Waals surface area contributed by atoms with Crippen LogP contribution < -0.4 is 26.7 Å². The van der Waals surface area contributed by atoms with Crippen LogP contribution in [0.5, 0.6) is 5.75 Å². The fraction of sp³-hybridized carbons (Fsp3) is 0.389. The minimum Gasteiger partial charge on any atom is -0.494 e. The highest BCUT2D eigenvalue weighted by Gasteiger charge is 2.04. The van der Waals surface area contributed by atoms with Crippen molar-refractivity contribution in [1.82, 2.24) is 20.6 Å². The normalized spacial score (nSPS) is 10.8. The number of nitrogens with zero attached hydrogens (tertiary/aromatic N) is 2. The number of nitrogens with one attached hydrogen (secondary N) is 4. The summed E-state index contributed by atoms with van der Waals surface area (Å²) < 4.78 is 5.70. The second-order valence-electron chi connectivity index (χ2n) is 5.98. The maximum Gasteiger partial charge on any atom is 0.342 e. The second-order valence-corrected chi connectivity index (χ2v) is 5.98. The van der Waals surface area contributed by atoms with Gasteiger partial charge in [-0.15, -0.1) is 5.10 Å². The first-order valence-corrected chi connectivity index (χ1v) is 9.06. The van der Waals surface area contributed by atoms with E-state index in [2.05, 4.69) is 33.0 Å². The molecular formula is C18H24N6O4. The van der Waals surface area contributed by atoms with Crippen LogP contribution in [0.1, 0.15) is 38.2 Å². The van der Waals surface area contributed by atoms with E-state index in [9.17, 15) is 14.4 Å². The number of ether oxygens (including phenoxy) is 1. The first-order valence-electron chi connectivity index (χ1n) is 9.06. The Morgan fingerprint density at radius 1 is 1.29 bits per heavy atom. The molecule has 0 saturated carbocycles. The number of amides is 1. The van der Waals surface area contributed by atoms with E-state index in [4.69, 9.17) is 4.74 Å². The van der Waals surface area contributed by atoms with E-state index in [0.29, 0.717) is 6.61 Å². The topological polar surface area (TPSA) is 141 Å². The molecule has 1 heterocycles. The Hall–Kier alpha value is -3.43. The number of rotatable bonds is 11. The van der Waals surface area contributed by atoms with Crippen molar-refractivity contribution in [1.29, 1.82) is 0 Å². The van der Waals surface area contributed by atoms with Crippen LogP contribution in [-0.4, -0.2) is 40.5 Å². The van der Waals surface area contributed by atoms with Crippen molar-refractivity contribution in [2.24, 2.45) is 5.10 Å². The molecule has 28 heavy (non-hydrogen) atoms. The third kappa shape index (κ3) is 7.44. The summed E-state index contributed by atoms with van der Waals surface area (Å²) in [5.74, 6) is 0.103. The number of hydrazone groups is 1. The number of unbranched alkanes of at least 4 members (excludes halogenated alkanes) is 3. The number of H-pyrrole nitrogens is 2. The maximum absolute atomic E-state index is 11.8. The Morgan fingerprint density at radius 2 is 2.14 bits per heavy atom. The molecule has 2 rings (SSSR count). The number of hydrogen-bond donors (Lipinski definition) is 4. The van der Waals surface area contributed by atoms with Crippen LogP contribution in [0.2, 0.25) is 0 Å². The van der Waals surface area contributed by atoms with Crippen molar-refractivity contribution < 1.29 is 9.53 Å². The van der Waals surface area contributed by atoms with Gasteiger partial charge in [0, 0.05) is 0 Å². The highest BCUT2D eigenvalue weighted by molar-refractivity contribution is 5.84. The molecule has 0 unspecified atom stereocenters. The van der Waals surface area contributed by atoms with Crippen LogP contribution in [0.3, 0.4) is 0 Å². The molecular weight excluding hydrogens is 364 g/mol. The lowest BCUT2D eigenvalue weighted by atomic mass is 10.2. The number of aromatic nitrogens is 3. The van der Waals surface area contributed by atoms with Crippen LogP contribution in [0, 0.1) is 0 Å². The van der Waals surface area contributed by atoms with Gasteiger partial charge in [-0.3, -0.25) is 14.6 Å². The molecule has 1 amide bonds. The van der Waals surface area contributed by atoms with Crippen LogP contribution in [0.25, 0.3) is 0 Å². The zero-order chi connectivity index (χ0) is 20.2. The lowest BCUT2D eigenvalue weighted by Gasteiger charge is -2.06. The largest absolute Gasteiger partial charge is 0.494 e. The van der Waals surface area contributed by atoms with E-state index < -0.39 is 17.2 Å². The number of carbonyl (C=O) groups is 1. The van der Waals surface area contributed by atoms with Crippen molar-refractivity contribution in [3.05, 3.63) is 50.7 Å². The molecule has 1 aromatic heterocycles. The van der Waals surface area contributed by atoms with E-state index in [0.717, 1.165) is 24.2 Å². The lowest BCUT2D eigenvalue weighted by molar-refractivity contribution is -0.119. The SMILES string of the molecule is CCCCCCOc1cccc(/C=N/NC(=O)CNc2n[nH]c(=O)[nH]c2=O)c1. The highest BCUT2D eigenvalue weighted by atomic mass is 16.5. The maximum atomic E-state index is 11.8. The molecule has 10 heteroatoms. The molecule has 0 radical (unpaired) electrons. The molecule has 0 spiro atoms. The average molecular weight is 388 g/mol. The second kappa shape index (κ2) is 11.3. The fourth-order valence-electron chi connectivity index (χ4n) is 2.25. The van der Waals surface area contributed by atoms with Gasteiger partial charge in [0.1, 0.15) is 5.75 Å². The number of carbonyl (C=O) groups excluding carboxylic acids is 1. The van der Waals surface area contributed by atoms with Crippen molar-refractivity contribution >= 4 is 17.9 Å². The zero-order valence-corrected chi connectivity index (χ0v) is 15.7. The zero-order valence-electron chi connectivity index (χ0n) is 15.7. The van der Waals surface area contributed by atoms with Gasteiger partial charge in [-0.25, -0.2) is 15.3 Å². The summed E-state index contributed by atoms with van der Waals surface area (Å²) in [6.07, 6.45) is 6.05. The van der Waals surface area contributed by atoms with E-state index in [-0.39, 0.29) is 12.4 Å². The van der Waals surface area contributed by atoms with Gasteiger partial charge in [-0.1, -0.05) is 38.3 Å². The molecule has 1 aromatic carbocycles. The average Bonchev–Trinajstić information content (AvgIpc) is 2.67. The summed E-state index contributed by atoms with van der Waals surface area (Å²) >= 11 is 0. The monoisotopic (exact) mass is 388 g/mol. The number of anilines is 1. The minimum atomic E-state index is -0.725. The summed E-state index contributed by atoms with van der Waals surface area (Å²) in [6, 6.07) is 7.38. The minimum absolute atomic E-state index is 0.164. The van der Waals surface area contributed by atoms with Crippen molar-refractivity contribution in [3.63, 3.8) is 0 Å². The van der Waals surface area contributed by atoms with Gasteiger partial charge in [0.05, 0.1) is 19.4 Å². The van der Waals surface area contributed by atoms with Crippen molar-refractivity contribution in [2.45, 2.75) is 32.6 Å². The molecule has 0 fully saturated rings. The highest BCUT2D eigenvalue weighted by Crippen LogP contribution is 2.13. The molecule has 150 valence electrons. The summed E-state index contributed by atoms with van der Waals surface area (Å²) in [5, 5.41) is 11.9. The molecule has 0 aliphatic heterocycles. The van der Waals surface area contributed by atoms with Gasteiger partial charge in [-0.05, 0) is 24.1 Å². The third-order valence-corrected chi connectivity index (χ3v) is 3.66. The van der Waals surface area contributed by atoms with E-state index in [1.54, 1.807) is 0 Å². The standard InChI is InChI=1S/C18H24N6O4/c1-2-3-4-5-9-28-14-8-6-7-13(10-14)11-20-22-15(25)12-19-16-17(26)21-18(27)24-23-16/h6-8,10-11H,2-5,9,12H2,1H3,(H,19,23)(H,22,25)(H2,21,24,26,27)/b20-11+. The first kappa shape index (κ1) is 20.9. The molecule has 0 atom stereocenters. The Labute approximate surface area is 161 Å². The third-order valence-electron chi connectivity index (χ3n) is 3.66. The van der Waals surface area contributed by atoms with Gasteiger partial charge in [-0.2, -0.15) is 5.10 Å². The van der Waals surface area contributed by atoms with E-state index >= 15 is 0 Å². The van der Waals surface area contributed by atoms with Crippen LogP contribution in [-0.2, 0) is 4.79 Å². The number of benzene rings is 1. The van der Waals surface area contributed by atoms with Crippen LogP contribution in [0.15, 0.2) is 39.0 Å². The quantitative estimate of drug-likeness (QED) is 0.257. The van der Waals surface area contributed by atoms with Crippen molar-refractivity contribution in [2.75, 3.05) is 18.5 Å². The fourth-order valence-corrected chi connectivity index (χ4v) is 2.25. The molecule has 0 aliphatic rings. The number of hydrogen-bond acceptors (Lipinski definition) is 7. The van der Waals surface area contributed by atoms with Crippen molar-refractivity contribution in [3.8, 4) is 5.75 Å². The summed E-state index contributed by atoms with van der Waals surface area (Å²) in [5.41, 5.74) is 1.67. The van der Waals surface area contributed by atoms with Gasteiger partial charge in [0.25, 0.3) is 11.5 Å². The predicted octanol–water partition coefficient (Wildman–Crippen LogP) is 0.980. The van der Waals surface area contributed by atoms with Gasteiger partial charge < -0.3 is 10.1 Å². The molecule has 0 bridgehead atoms. The predicted molar refractivity (Wildman–Crippen MR) is 106 cm³/mol. The Morgan fingerprint density at radius 3 is 2.93 bits per heavy atom. The van der Waals surface area contributed by atoms with Gasteiger partial charge in [0.2, 0.25) is 5.82 Å². The molecule has 2 aromatic rings. The first-order chi connectivity index (χ1) is 13.6. The lowest BCUT2D eigenvalue weighted by Crippen LogP contribution is -2.31. The van der Waals surface area contributed by atoms with Crippen LogP contribution in [0.4, 0.5) is 5.82 Å². The summed E-state index contributed by atoms with van der Waals surface area (Å²) in [6.45, 7) is 2.60. The summed E-state index contributed by atoms with van der Waals surface area (Å²) in [7, 11) is 0. The summed E-state index contributed by atoms with van der Waals surface area (Å²) in [4.78, 5) is 36.1. The Balaban J connectivity index is 1.77. The van der Waals surface area contributed by atoms with Crippen LogP contribution >= 0.6 is 0 Å². The molecule has 0 saturated heterocycles. The molecule has 0 aliphatic carbocycles. The number of aromatic amines is 2. The smallest absolute Gasteiger partial charge is 0.342 e. The van der Waals surface area contributed by atoms with Gasteiger partial charge in [0.15, 0.2) is 0 Å². The Kier molecular flexibility index (Phi) is 8.44. The molecule has 4 N–H and O–H groups in total. The van der Waals surface area contributed by atoms with E-state index in [1.165, 1.54) is 19.1 Å². The Bertz CT molecular complexity index is 905.